The molecule has 0 unspecified atom stereocenters. The van der Waals surface area contributed by atoms with Gasteiger partial charge in [-0.3, -0.25) is 9.97 Å². The van der Waals surface area contributed by atoms with Gasteiger partial charge in [0.15, 0.2) is 5.58 Å². The van der Waals surface area contributed by atoms with Crippen molar-refractivity contribution in [1.29, 1.82) is 0 Å². The molecule has 4 N–H and O–H groups in total. The van der Waals surface area contributed by atoms with Crippen molar-refractivity contribution in [2.24, 2.45) is 7.05 Å². The fourth-order valence-electron chi connectivity index (χ4n) is 2.98. The number of nitrogens with two attached hydrogens (primary N) is 2. The van der Waals surface area contributed by atoms with Crippen LogP contribution in [-0.4, -0.2) is 14.5 Å². The molecular formula is C18H17N5O. The first-order chi connectivity index (χ1) is 11.6. The predicted octanol–water partition coefficient (Wildman–Crippen LogP) is 3.37. The molecule has 6 heteroatoms. The van der Waals surface area contributed by atoms with Gasteiger partial charge in [0, 0.05) is 42.5 Å². The molecule has 0 amide bonds. The fraction of sp³-hybridized carbons (Fsp3) is 0.111. The number of hydrogen-bond donors (Lipinski definition) is 2. The van der Waals surface area contributed by atoms with Gasteiger partial charge in [-0.15, -0.1) is 0 Å². The molecule has 120 valence electrons. The smallest absolute Gasteiger partial charge is 0.215 e. The molecule has 0 aromatic carbocycles. The van der Waals surface area contributed by atoms with Gasteiger partial charge in [0.25, 0.3) is 0 Å². The Balaban J connectivity index is 2.07. The van der Waals surface area contributed by atoms with E-state index in [9.17, 15) is 0 Å². The normalized spacial score (nSPS) is 11.2. The molecule has 6 nitrogen and oxygen atoms in total. The summed E-state index contributed by atoms with van der Waals surface area (Å²) in [4.78, 5) is 8.85. The summed E-state index contributed by atoms with van der Waals surface area (Å²) in [6.45, 7) is 1.93. The highest BCUT2D eigenvalue weighted by atomic mass is 16.3. The Bertz CT molecular complexity index is 1060. The standard InChI is InChI=1S/C18H17N5O/c1-10-8-11(5-6-21-10)16-17-14(15(19)18(20)24-17)12(9-22-16)13-4-3-7-23(13)2/h3-9H,19-20H2,1-2H3. The number of rotatable bonds is 2. The van der Waals surface area contributed by atoms with Gasteiger partial charge in [0.1, 0.15) is 11.4 Å². The van der Waals surface area contributed by atoms with Crippen LogP contribution in [0.25, 0.3) is 33.5 Å². The third kappa shape index (κ3) is 2.04. The molecule has 4 heterocycles. The van der Waals surface area contributed by atoms with Gasteiger partial charge in [-0.05, 0) is 31.2 Å². The van der Waals surface area contributed by atoms with Crippen molar-refractivity contribution in [3.05, 3.63) is 48.5 Å². The third-order valence-corrected chi connectivity index (χ3v) is 4.17. The Hall–Kier alpha value is -3.28. The highest BCUT2D eigenvalue weighted by Gasteiger charge is 2.20. The molecule has 0 aliphatic carbocycles. The first-order valence-electron chi connectivity index (χ1n) is 7.57. The van der Waals surface area contributed by atoms with Crippen molar-refractivity contribution in [1.82, 2.24) is 14.5 Å². The van der Waals surface area contributed by atoms with Crippen LogP contribution < -0.4 is 11.5 Å². The van der Waals surface area contributed by atoms with Gasteiger partial charge in [-0.1, -0.05) is 0 Å². The molecule has 0 radical (unpaired) electrons. The lowest BCUT2D eigenvalue weighted by Gasteiger charge is -2.08. The maximum atomic E-state index is 6.20. The minimum atomic E-state index is 0.209. The van der Waals surface area contributed by atoms with E-state index in [1.165, 1.54) is 0 Å². The predicted molar refractivity (Wildman–Crippen MR) is 95.2 cm³/mol. The quantitative estimate of drug-likeness (QED) is 0.590. The fourth-order valence-corrected chi connectivity index (χ4v) is 2.98. The summed E-state index contributed by atoms with van der Waals surface area (Å²) in [7, 11) is 1.97. The van der Waals surface area contributed by atoms with E-state index in [1.54, 1.807) is 6.20 Å². The lowest BCUT2D eigenvalue weighted by molar-refractivity contribution is 0.638. The highest BCUT2D eigenvalue weighted by Crippen LogP contribution is 2.41. The number of nitrogen functional groups attached to an aromatic ring is 2. The van der Waals surface area contributed by atoms with Crippen molar-refractivity contribution in [3.63, 3.8) is 0 Å². The number of aromatic nitrogens is 3. The number of pyridine rings is 2. The van der Waals surface area contributed by atoms with Crippen molar-refractivity contribution in [2.75, 3.05) is 11.5 Å². The Morgan fingerprint density at radius 3 is 2.71 bits per heavy atom. The molecule has 4 aromatic rings. The summed E-state index contributed by atoms with van der Waals surface area (Å²) < 4.78 is 7.77. The van der Waals surface area contributed by atoms with Gasteiger partial charge in [0.05, 0.1) is 11.1 Å². The van der Waals surface area contributed by atoms with Crippen molar-refractivity contribution in [2.45, 2.75) is 6.92 Å². The molecule has 0 saturated heterocycles. The molecular weight excluding hydrogens is 302 g/mol. The first-order valence-corrected chi connectivity index (χ1v) is 7.57. The van der Waals surface area contributed by atoms with Gasteiger partial charge in [-0.2, -0.15) is 0 Å². The van der Waals surface area contributed by atoms with E-state index in [0.717, 1.165) is 27.9 Å². The summed E-state index contributed by atoms with van der Waals surface area (Å²) in [5.74, 6) is 0.209. The van der Waals surface area contributed by atoms with Crippen molar-refractivity contribution in [3.8, 4) is 22.5 Å². The maximum absolute atomic E-state index is 6.20. The minimum absolute atomic E-state index is 0.209. The van der Waals surface area contributed by atoms with Crippen LogP contribution in [0.3, 0.4) is 0 Å². The largest absolute Gasteiger partial charge is 0.436 e. The third-order valence-electron chi connectivity index (χ3n) is 4.17. The molecule has 0 spiro atoms. The number of anilines is 2. The number of aryl methyl sites for hydroxylation is 2. The van der Waals surface area contributed by atoms with Crippen LogP contribution in [0.2, 0.25) is 0 Å². The number of nitrogens with zero attached hydrogens (tertiary/aromatic N) is 3. The summed E-state index contributed by atoms with van der Waals surface area (Å²) in [6.07, 6.45) is 5.54. The first kappa shape index (κ1) is 14.3. The zero-order chi connectivity index (χ0) is 16.8. The van der Waals surface area contributed by atoms with E-state index in [-0.39, 0.29) is 5.88 Å². The summed E-state index contributed by atoms with van der Waals surface area (Å²) in [5.41, 5.74) is 17.6. The van der Waals surface area contributed by atoms with Crippen molar-refractivity contribution >= 4 is 22.5 Å². The minimum Gasteiger partial charge on any atom is -0.436 e. The van der Waals surface area contributed by atoms with Crippen molar-refractivity contribution < 1.29 is 4.42 Å². The summed E-state index contributed by atoms with van der Waals surface area (Å²) in [5, 5.41) is 0.786. The number of furan rings is 1. The van der Waals surface area contributed by atoms with Gasteiger partial charge >= 0.3 is 0 Å². The van der Waals surface area contributed by atoms with E-state index >= 15 is 0 Å². The molecule has 4 rings (SSSR count). The average Bonchev–Trinajstić information content (AvgIpc) is 3.11. The SMILES string of the molecule is Cc1cc(-c2ncc(-c3cccn3C)c3c(N)c(N)oc23)ccn1. The van der Waals surface area contributed by atoms with E-state index in [4.69, 9.17) is 15.9 Å². The number of hydrogen-bond acceptors (Lipinski definition) is 5. The molecule has 0 fully saturated rings. The van der Waals surface area contributed by atoms with Gasteiger partial charge in [-0.25, -0.2) is 0 Å². The van der Waals surface area contributed by atoms with Gasteiger partial charge < -0.3 is 20.5 Å². The lowest BCUT2D eigenvalue weighted by atomic mass is 10.0. The van der Waals surface area contributed by atoms with E-state index < -0.39 is 0 Å². The van der Waals surface area contributed by atoms with Crippen LogP contribution in [0.4, 0.5) is 11.6 Å². The zero-order valence-electron chi connectivity index (χ0n) is 13.4. The monoisotopic (exact) mass is 319 g/mol. The molecule has 0 aliphatic heterocycles. The molecule has 0 bridgehead atoms. The van der Waals surface area contributed by atoms with Crippen LogP contribution in [0, 0.1) is 6.92 Å². The Labute approximate surface area is 138 Å². The van der Waals surface area contributed by atoms with E-state index in [1.807, 2.05) is 55.2 Å². The molecule has 0 atom stereocenters. The summed E-state index contributed by atoms with van der Waals surface area (Å²) in [6, 6.07) is 7.83. The van der Waals surface area contributed by atoms with Crippen LogP contribution in [0.5, 0.6) is 0 Å². The van der Waals surface area contributed by atoms with Crippen LogP contribution in [-0.2, 0) is 7.05 Å². The van der Waals surface area contributed by atoms with Crippen LogP contribution in [0.15, 0.2) is 47.3 Å². The van der Waals surface area contributed by atoms with Crippen LogP contribution in [0.1, 0.15) is 5.69 Å². The topological polar surface area (TPSA) is 95.9 Å². The second-order valence-electron chi connectivity index (χ2n) is 5.79. The Morgan fingerprint density at radius 1 is 1.17 bits per heavy atom. The highest BCUT2D eigenvalue weighted by molar-refractivity contribution is 6.09. The van der Waals surface area contributed by atoms with E-state index in [0.29, 0.717) is 17.0 Å². The summed E-state index contributed by atoms with van der Waals surface area (Å²) >= 11 is 0. The van der Waals surface area contributed by atoms with E-state index in [2.05, 4.69) is 9.97 Å². The molecule has 4 aromatic heterocycles. The molecule has 0 saturated carbocycles. The average molecular weight is 319 g/mol. The Morgan fingerprint density at radius 2 is 2.00 bits per heavy atom. The zero-order valence-corrected chi connectivity index (χ0v) is 13.4. The second kappa shape index (κ2) is 5.13. The number of fused-ring (bicyclic) bond motifs is 1. The lowest BCUT2D eigenvalue weighted by Crippen LogP contribution is -1.95. The van der Waals surface area contributed by atoms with Crippen LogP contribution >= 0.6 is 0 Å². The molecule has 0 aliphatic rings. The Kier molecular flexibility index (Phi) is 3.06. The van der Waals surface area contributed by atoms with Gasteiger partial charge in [0.2, 0.25) is 5.88 Å². The molecule has 24 heavy (non-hydrogen) atoms. The maximum Gasteiger partial charge on any atom is 0.215 e. The second-order valence-corrected chi connectivity index (χ2v) is 5.79.